The summed E-state index contributed by atoms with van der Waals surface area (Å²) in [6.45, 7) is 2.23. The van der Waals surface area contributed by atoms with E-state index in [-0.39, 0.29) is 5.69 Å². The van der Waals surface area contributed by atoms with E-state index < -0.39 is 5.97 Å². The van der Waals surface area contributed by atoms with Crippen molar-refractivity contribution in [3.05, 3.63) is 11.4 Å². The summed E-state index contributed by atoms with van der Waals surface area (Å²) in [5.74, 6) is -1.08. The zero-order valence-corrected chi connectivity index (χ0v) is 12.9. The highest BCUT2D eigenvalue weighted by Crippen LogP contribution is 2.12. The van der Waals surface area contributed by atoms with Crippen LogP contribution < -0.4 is 0 Å². The quantitative estimate of drug-likeness (QED) is 0.594. The molecule has 1 N–H and O–H groups in total. The molecule has 6 heteroatoms. The smallest absolute Gasteiger partial charge is 0.358 e. The third-order valence-electron chi connectivity index (χ3n) is 3.59. The highest BCUT2D eigenvalue weighted by atomic mass is 16.4. The first kappa shape index (κ1) is 17.5. The van der Waals surface area contributed by atoms with E-state index in [4.69, 9.17) is 5.11 Å². The van der Waals surface area contributed by atoms with Gasteiger partial charge in [-0.25, -0.2) is 4.79 Å². The van der Waals surface area contributed by atoms with Gasteiger partial charge in [-0.1, -0.05) is 64.7 Å². The summed E-state index contributed by atoms with van der Waals surface area (Å²) in [7, 11) is 0. The Bertz CT molecular complexity index is 412. The molecule has 6 nitrogen and oxygen atoms in total. The number of nitrogens with zero attached hydrogens (tertiary/aromatic N) is 4. The second-order valence-corrected chi connectivity index (χ2v) is 5.41. The predicted molar refractivity (Wildman–Crippen MR) is 80.1 cm³/mol. The molecular formula is C15H26N4O2. The van der Waals surface area contributed by atoms with Crippen LogP contribution in [-0.2, 0) is 6.42 Å². The van der Waals surface area contributed by atoms with E-state index in [1.807, 2.05) is 0 Å². The molecule has 1 aromatic heterocycles. The Morgan fingerprint density at radius 2 is 1.38 bits per heavy atom. The van der Waals surface area contributed by atoms with Gasteiger partial charge in [-0.2, -0.15) is 0 Å². The minimum absolute atomic E-state index is 0.0686. The molecule has 118 valence electrons. The molecule has 0 spiro atoms. The largest absolute Gasteiger partial charge is 0.476 e. The molecule has 0 saturated carbocycles. The SMILES string of the molecule is CCCCCCCCCCCCc1nnnnc1C(=O)O. The lowest BCUT2D eigenvalue weighted by Crippen LogP contribution is -2.11. The third-order valence-corrected chi connectivity index (χ3v) is 3.59. The average Bonchev–Trinajstić information content (AvgIpc) is 2.49. The highest BCUT2D eigenvalue weighted by Gasteiger charge is 2.13. The second kappa shape index (κ2) is 11.1. The van der Waals surface area contributed by atoms with Crippen molar-refractivity contribution in [2.75, 3.05) is 0 Å². The number of aromatic carboxylic acids is 1. The molecule has 0 unspecified atom stereocenters. The summed E-state index contributed by atoms with van der Waals surface area (Å²) in [5, 5.41) is 22.9. The molecule has 1 rings (SSSR count). The number of unbranched alkanes of at least 4 members (excludes halogenated alkanes) is 9. The van der Waals surface area contributed by atoms with E-state index in [2.05, 4.69) is 27.5 Å². The van der Waals surface area contributed by atoms with Crippen LogP contribution >= 0.6 is 0 Å². The van der Waals surface area contributed by atoms with Crippen molar-refractivity contribution in [2.45, 2.75) is 77.6 Å². The Labute approximate surface area is 126 Å². The van der Waals surface area contributed by atoms with Gasteiger partial charge in [0.15, 0.2) is 5.69 Å². The standard InChI is InChI=1S/C15H26N4O2/c1-2-3-4-5-6-7-8-9-10-11-12-13-14(15(20)21)17-19-18-16-13/h2-12H2,1H3,(H,20,21). The first-order valence-electron chi connectivity index (χ1n) is 8.04. The van der Waals surface area contributed by atoms with Crippen LogP contribution in [-0.4, -0.2) is 31.7 Å². The molecule has 0 aromatic carbocycles. The van der Waals surface area contributed by atoms with Gasteiger partial charge in [0.2, 0.25) is 0 Å². The van der Waals surface area contributed by atoms with Gasteiger partial charge < -0.3 is 5.11 Å². The Kier molecular flexibility index (Phi) is 9.24. The van der Waals surface area contributed by atoms with Crippen molar-refractivity contribution in [3.63, 3.8) is 0 Å². The number of carboxylic acids is 1. The summed E-state index contributed by atoms with van der Waals surface area (Å²) >= 11 is 0. The van der Waals surface area contributed by atoms with Gasteiger partial charge in [0.1, 0.15) is 0 Å². The van der Waals surface area contributed by atoms with Crippen LogP contribution in [0.15, 0.2) is 0 Å². The normalized spacial score (nSPS) is 10.7. The van der Waals surface area contributed by atoms with Crippen LogP contribution in [0.2, 0.25) is 0 Å². The minimum Gasteiger partial charge on any atom is -0.476 e. The lowest BCUT2D eigenvalue weighted by molar-refractivity contribution is 0.0686. The van der Waals surface area contributed by atoms with Crippen molar-refractivity contribution in [1.29, 1.82) is 0 Å². The van der Waals surface area contributed by atoms with Crippen LogP contribution in [0, 0.1) is 0 Å². The van der Waals surface area contributed by atoms with Gasteiger partial charge >= 0.3 is 5.97 Å². The molecule has 1 aromatic rings. The lowest BCUT2D eigenvalue weighted by Gasteiger charge is -2.03. The van der Waals surface area contributed by atoms with E-state index in [0.29, 0.717) is 12.1 Å². The van der Waals surface area contributed by atoms with Crippen LogP contribution in [0.1, 0.15) is 87.3 Å². The number of rotatable bonds is 12. The van der Waals surface area contributed by atoms with Crippen LogP contribution in [0.3, 0.4) is 0 Å². The van der Waals surface area contributed by atoms with E-state index in [1.165, 1.54) is 51.4 Å². The highest BCUT2D eigenvalue weighted by molar-refractivity contribution is 5.86. The number of aromatic nitrogens is 4. The average molecular weight is 294 g/mol. The topological polar surface area (TPSA) is 88.9 Å². The maximum atomic E-state index is 10.9. The molecule has 0 aliphatic carbocycles. The fraction of sp³-hybridized carbons (Fsp3) is 0.800. The first-order chi connectivity index (χ1) is 10.3. The Balaban J connectivity index is 2.06. The number of hydrogen-bond acceptors (Lipinski definition) is 5. The van der Waals surface area contributed by atoms with Gasteiger partial charge in [0.05, 0.1) is 5.69 Å². The number of aryl methyl sites for hydroxylation is 1. The lowest BCUT2D eigenvalue weighted by atomic mass is 10.0. The molecule has 0 amide bonds. The predicted octanol–water partition coefficient (Wildman–Crippen LogP) is 3.43. The van der Waals surface area contributed by atoms with Gasteiger partial charge in [-0.05, 0) is 23.3 Å². The maximum Gasteiger partial charge on any atom is 0.358 e. The van der Waals surface area contributed by atoms with Crippen molar-refractivity contribution >= 4 is 5.97 Å². The Morgan fingerprint density at radius 1 is 0.857 bits per heavy atom. The summed E-state index contributed by atoms with van der Waals surface area (Å²) in [4.78, 5) is 10.9. The van der Waals surface area contributed by atoms with Gasteiger partial charge in [0.25, 0.3) is 0 Å². The van der Waals surface area contributed by atoms with Gasteiger partial charge in [0, 0.05) is 0 Å². The first-order valence-corrected chi connectivity index (χ1v) is 8.04. The zero-order valence-electron chi connectivity index (χ0n) is 12.9. The summed E-state index contributed by atoms with van der Waals surface area (Å²) in [5.41, 5.74) is 0.373. The summed E-state index contributed by atoms with van der Waals surface area (Å²) < 4.78 is 0. The van der Waals surface area contributed by atoms with Crippen molar-refractivity contribution in [2.24, 2.45) is 0 Å². The van der Waals surface area contributed by atoms with E-state index in [1.54, 1.807) is 0 Å². The molecule has 0 atom stereocenters. The molecule has 21 heavy (non-hydrogen) atoms. The fourth-order valence-electron chi connectivity index (χ4n) is 2.36. The molecule has 0 saturated heterocycles. The third kappa shape index (κ3) is 7.68. The number of hydrogen-bond donors (Lipinski definition) is 1. The Morgan fingerprint density at radius 3 is 1.95 bits per heavy atom. The molecular weight excluding hydrogens is 268 g/mol. The molecule has 0 aliphatic rings. The van der Waals surface area contributed by atoms with Crippen LogP contribution in [0.5, 0.6) is 0 Å². The fourth-order valence-corrected chi connectivity index (χ4v) is 2.36. The van der Waals surface area contributed by atoms with Crippen molar-refractivity contribution in [1.82, 2.24) is 20.6 Å². The number of carbonyl (C=O) groups is 1. The monoisotopic (exact) mass is 294 g/mol. The summed E-state index contributed by atoms with van der Waals surface area (Å²) in [6.07, 6.45) is 13.1. The van der Waals surface area contributed by atoms with E-state index >= 15 is 0 Å². The Hall–Kier alpha value is -1.59. The van der Waals surface area contributed by atoms with Crippen LogP contribution in [0.4, 0.5) is 0 Å². The molecule has 1 heterocycles. The van der Waals surface area contributed by atoms with Gasteiger partial charge in [-0.3, -0.25) is 0 Å². The van der Waals surface area contributed by atoms with Gasteiger partial charge in [-0.15, -0.1) is 10.2 Å². The molecule has 0 aliphatic heterocycles. The minimum atomic E-state index is -1.08. The maximum absolute atomic E-state index is 10.9. The molecule has 0 fully saturated rings. The zero-order chi connectivity index (χ0) is 15.3. The summed E-state index contributed by atoms with van der Waals surface area (Å²) in [6, 6.07) is 0. The van der Waals surface area contributed by atoms with Crippen molar-refractivity contribution < 1.29 is 9.90 Å². The van der Waals surface area contributed by atoms with Crippen molar-refractivity contribution in [3.8, 4) is 0 Å². The molecule has 0 bridgehead atoms. The van der Waals surface area contributed by atoms with Crippen LogP contribution in [0.25, 0.3) is 0 Å². The van der Waals surface area contributed by atoms with E-state index in [9.17, 15) is 4.79 Å². The number of carboxylic acid groups (broad SMARTS) is 1. The van der Waals surface area contributed by atoms with E-state index in [0.717, 1.165) is 12.8 Å². The molecule has 0 radical (unpaired) electrons. The second-order valence-electron chi connectivity index (χ2n) is 5.41.